The van der Waals surface area contributed by atoms with E-state index in [1.165, 1.54) is 12.7 Å². The van der Waals surface area contributed by atoms with E-state index in [0.717, 1.165) is 24.6 Å². The summed E-state index contributed by atoms with van der Waals surface area (Å²) in [5.41, 5.74) is 12.4. The number of nitrogens with two attached hydrogens (primary N) is 2. The predicted octanol–water partition coefficient (Wildman–Crippen LogP) is 0.0750. The predicted molar refractivity (Wildman–Crippen MR) is 112 cm³/mol. The molecule has 2 aliphatic heterocycles. The van der Waals surface area contributed by atoms with Crippen molar-refractivity contribution in [2.45, 2.75) is 78.7 Å². The van der Waals surface area contributed by atoms with Gasteiger partial charge in [-0.1, -0.05) is 0 Å². The number of anilines is 1. The topological polar surface area (TPSA) is 183 Å². The van der Waals surface area contributed by atoms with Crippen LogP contribution in [-0.2, 0) is 9.53 Å². The Morgan fingerprint density at radius 1 is 1.32 bits per heavy atom. The van der Waals surface area contributed by atoms with Gasteiger partial charge in [-0.25, -0.2) is 0 Å². The van der Waals surface area contributed by atoms with Gasteiger partial charge in [-0.15, -0.1) is 0 Å². The molecule has 2 saturated heterocycles. The van der Waals surface area contributed by atoms with E-state index >= 15 is 0 Å². The van der Waals surface area contributed by atoms with E-state index in [9.17, 15) is 15.0 Å². The molecule has 4 rings (SSSR count). The average molecular weight is 499 g/mol. The number of aromatic nitrogens is 4. The van der Waals surface area contributed by atoms with Crippen LogP contribution in [0.25, 0.3) is 11.2 Å². The van der Waals surface area contributed by atoms with E-state index < -0.39 is 36.6 Å². The van der Waals surface area contributed by atoms with Gasteiger partial charge in [0, 0.05) is 0 Å². The fourth-order valence-electron chi connectivity index (χ4n) is 4.46. The Labute approximate surface area is 185 Å². The van der Waals surface area contributed by atoms with Gasteiger partial charge in [-0.05, 0) is 0 Å². The Morgan fingerprint density at radius 2 is 2.13 bits per heavy atom. The fourth-order valence-corrected chi connectivity index (χ4v) is 7.85. The van der Waals surface area contributed by atoms with Crippen molar-refractivity contribution in [1.82, 2.24) is 19.5 Å². The molecule has 4 heterocycles. The second-order valence-corrected chi connectivity index (χ2v) is 11.6. The van der Waals surface area contributed by atoms with Gasteiger partial charge >= 0.3 is 185 Å². The molecule has 7 N–H and O–H groups in total. The first-order valence-corrected chi connectivity index (χ1v) is 12.4. The minimum absolute atomic E-state index is 0.109. The SMILES string of the molecule is Nc1ncnc2c1ncn2[C@@H]1O[C@@H](CC2(CCC(N)C(=O)O)CCCC[Se]2)[C@@H](O)C1O. The minimum atomic E-state index is -1.16. The monoisotopic (exact) mass is 500 g/mol. The number of imidazole rings is 1. The average Bonchev–Trinajstić information content (AvgIpc) is 3.30. The van der Waals surface area contributed by atoms with Crippen LogP contribution in [0.4, 0.5) is 5.82 Å². The third-order valence-electron chi connectivity index (χ3n) is 6.23. The van der Waals surface area contributed by atoms with E-state index in [4.69, 9.17) is 21.3 Å². The summed E-state index contributed by atoms with van der Waals surface area (Å²) in [6.45, 7) is 0. The van der Waals surface area contributed by atoms with Crippen LogP contribution in [0, 0.1) is 0 Å². The van der Waals surface area contributed by atoms with Crippen LogP contribution in [-0.4, -0.2) is 80.1 Å². The first kappa shape index (κ1) is 22.4. The van der Waals surface area contributed by atoms with Gasteiger partial charge in [0.25, 0.3) is 0 Å². The molecule has 0 radical (unpaired) electrons. The maximum absolute atomic E-state index is 11.2. The van der Waals surface area contributed by atoms with Gasteiger partial charge in [0.15, 0.2) is 0 Å². The molecule has 2 fully saturated rings. The standard InChI is InChI=1S/C19H28N6O5Se/c20-10(18(28)29)3-5-19(4-1-2-6-31-19)7-11-13(26)14(27)17(30-11)25-9-24-12-15(21)22-8-23-16(12)25/h8-11,13-14,17,26-27H,1-7,20H2,(H,28,29)(H2,21,22,23)/t10?,11-,13+,14?,17+,19?/m0/s1. The number of hydrogen-bond donors (Lipinski definition) is 5. The molecule has 2 aliphatic rings. The van der Waals surface area contributed by atoms with Crippen LogP contribution < -0.4 is 11.5 Å². The summed E-state index contributed by atoms with van der Waals surface area (Å²) in [6, 6.07) is -0.898. The summed E-state index contributed by atoms with van der Waals surface area (Å²) in [6.07, 6.45) is 3.89. The van der Waals surface area contributed by atoms with Gasteiger partial charge < -0.3 is 0 Å². The molecule has 0 amide bonds. The summed E-state index contributed by atoms with van der Waals surface area (Å²) in [5, 5.41) is 31.8. The zero-order valence-corrected chi connectivity index (χ0v) is 18.7. The summed E-state index contributed by atoms with van der Waals surface area (Å²) < 4.78 is 7.61. The van der Waals surface area contributed by atoms with E-state index in [1.807, 2.05) is 0 Å². The molecule has 12 heteroatoms. The van der Waals surface area contributed by atoms with Crippen LogP contribution in [0.1, 0.15) is 44.8 Å². The summed E-state index contributed by atoms with van der Waals surface area (Å²) in [4.78, 5) is 23.5. The molecular formula is C19H28N6O5Se. The number of aliphatic hydroxyl groups is 2. The van der Waals surface area contributed by atoms with Crippen molar-refractivity contribution >= 4 is 37.9 Å². The van der Waals surface area contributed by atoms with Crippen molar-refractivity contribution in [3.63, 3.8) is 0 Å². The molecule has 3 unspecified atom stereocenters. The number of aliphatic hydroxyl groups excluding tert-OH is 2. The van der Waals surface area contributed by atoms with Gasteiger partial charge in [-0.3, -0.25) is 0 Å². The summed E-state index contributed by atoms with van der Waals surface area (Å²) >= 11 is 0.277. The molecule has 0 bridgehead atoms. The molecule has 0 aliphatic carbocycles. The van der Waals surface area contributed by atoms with Crippen molar-refractivity contribution in [3.05, 3.63) is 12.7 Å². The van der Waals surface area contributed by atoms with Crippen LogP contribution in [0.2, 0.25) is 9.63 Å². The third-order valence-corrected chi connectivity index (χ3v) is 9.76. The molecule has 11 nitrogen and oxygen atoms in total. The van der Waals surface area contributed by atoms with Gasteiger partial charge in [0.05, 0.1) is 0 Å². The number of nitrogen functional groups attached to an aromatic ring is 1. The fraction of sp³-hybridized carbons (Fsp3) is 0.684. The molecule has 0 saturated carbocycles. The molecule has 170 valence electrons. The van der Waals surface area contributed by atoms with E-state index in [-0.39, 0.29) is 25.1 Å². The number of carbonyl (C=O) groups is 1. The van der Waals surface area contributed by atoms with Crippen molar-refractivity contribution in [3.8, 4) is 0 Å². The van der Waals surface area contributed by atoms with Gasteiger partial charge in [0.1, 0.15) is 0 Å². The Bertz CT molecular complexity index is 936. The first-order chi connectivity index (χ1) is 14.8. The summed E-state index contributed by atoms with van der Waals surface area (Å²) in [5.74, 6) is -0.772. The van der Waals surface area contributed by atoms with Gasteiger partial charge in [-0.2, -0.15) is 0 Å². The van der Waals surface area contributed by atoms with Gasteiger partial charge in [0.2, 0.25) is 0 Å². The number of carboxylic acids is 1. The zero-order chi connectivity index (χ0) is 22.2. The van der Waals surface area contributed by atoms with Crippen LogP contribution in [0.3, 0.4) is 0 Å². The molecule has 2 aromatic heterocycles. The number of rotatable bonds is 7. The van der Waals surface area contributed by atoms with Crippen LogP contribution in [0.15, 0.2) is 12.7 Å². The summed E-state index contributed by atoms with van der Waals surface area (Å²) in [7, 11) is 0. The van der Waals surface area contributed by atoms with Crippen molar-refractivity contribution in [1.29, 1.82) is 0 Å². The van der Waals surface area contributed by atoms with E-state index in [2.05, 4.69) is 15.0 Å². The number of ether oxygens (including phenoxy) is 1. The maximum atomic E-state index is 11.2. The normalized spacial score (nSPS) is 32.4. The molecule has 6 atom stereocenters. The molecule has 31 heavy (non-hydrogen) atoms. The molecular weight excluding hydrogens is 471 g/mol. The van der Waals surface area contributed by atoms with Crippen molar-refractivity contribution in [2.75, 3.05) is 5.73 Å². The van der Waals surface area contributed by atoms with Crippen molar-refractivity contribution in [2.24, 2.45) is 5.73 Å². The second-order valence-electron chi connectivity index (χ2n) is 8.31. The molecule has 0 spiro atoms. The molecule has 2 aromatic rings. The van der Waals surface area contributed by atoms with E-state index in [1.54, 1.807) is 4.57 Å². The Morgan fingerprint density at radius 3 is 2.84 bits per heavy atom. The number of carboxylic acid groups (broad SMARTS) is 1. The zero-order valence-electron chi connectivity index (χ0n) is 17.0. The quantitative estimate of drug-likeness (QED) is 0.327. The second kappa shape index (κ2) is 8.97. The number of hydrogen-bond acceptors (Lipinski definition) is 9. The Kier molecular flexibility index (Phi) is 6.47. The third kappa shape index (κ3) is 4.41. The van der Waals surface area contributed by atoms with E-state index in [0.29, 0.717) is 30.4 Å². The van der Waals surface area contributed by atoms with Crippen LogP contribution in [0.5, 0.6) is 0 Å². The number of nitrogens with zero attached hydrogens (tertiary/aromatic N) is 4. The van der Waals surface area contributed by atoms with Crippen LogP contribution >= 0.6 is 0 Å². The Hall–Kier alpha value is -1.82. The Balaban J connectivity index is 1.53. The first-order valence-electron chi connectivity index (χ1n) is 10.4. The number of aliphatic carboxylic acids is 1. The van der Waals surface area contributed by atoms with Crippen molar-refractivity contribution < 1.29 is 24.9 Å². The number of fused-ring (bicyclic) bond motifs is 1. The molecule has 0 aromatic carbocycles.